The zero-order valence-electron chi connectivity index (χ0n) is 15.4. The van der Waals surface area contributed by atoms with Gasteiger partial charge in [-0.2, -0.15) is 5.26 Å². The molecule has 0 radical (unpaired) electrons. The van der Waals surface area contributed by atoms with Crippen molar-refractivity contribution in [2.45, 2.75) is 6.61 Å². The smallest absolute Gasteiger partial charge is 0.335 e. The predicted molar refractivity (Wildman–Crippen MR) is 129 cm³/mol. The number of allylic oxidation sites excluding steroid dienone is 1. The van der Waals surface area contributed by atoms with Gasteiger partial charge in [0, 0.05) is 0 Å². The molecule has 0 atom stereocenters. The standard InChI is InChI=1S/C23H14FI2NO3/c24-19-3-1-2-17(11-19)18(12-27)8-15-9-20(25)22(21(26)10-15)30-13-14-4-6-16(7-5-14)23(28)29/h1-11H,13H2,(H,28,29)/b18-8-. The maximum atomic E-state index is 13.5. The maximum absolute atomic E-state index is 13.5. The molecule has 0 aliphatic carbocycles. The van der Waals surface area contributed by atoms with Crippen LogP contribution in [0.1, 0.15) is 27.0 Å². The molecule has 0 saturated carbocycles. The highest BCUT2D eigenvalue weighted by molar-refractivity contribution is 14.1. The molecular weight excluding hydrogens is 611 g/mol. The Morgan fingerprint density at radius 2 is 1.73 bits per heavy atom. The van der Waals surface area contributed by atoms with Crippen LogP contribution in [0.2, 0.25) is 0 Å². The van der Waals surface area contributed by atoms with Gasteiger partial charge < -0.3 is 9.84 Å². The van der Waals surface area contributed by atoms with Crippen molar-refractivity contribution in [3.05, 3.63) is 95.9 Å². The number of hydrogen-bond acceptors (Lipinski definition) is 3. The molecule has 4 nitrogen and oxygen atoms in total. The van der Waals surface area contributed by atoms with Crippen molar-refractivity contribution in [3.8, 4) is 11.8 Å². The van der Waals surface area contributed by atoms with Crippen molar-refractivity contribution in [1.82, 2.24) is 0 Å². The summed E-state index contributed by atoms with van der Waals surface area (Å²) in [5.41, 5.74) is 2.78. The van der Waals surface area contributed by atoms with Crippen LogP contribution in [0, 0.1) is 24.3 Å². The summed E-state index contributed by atoms with van der Waals surface area (Å²) in [6.07, 6.45) is 1.72. The Morgan fingerprint density at radius 1 is 1.07 bits per heavy atom. The van der Waals surface area contributed by atoms with Crippen LogP contribution in [0.3, 0.4) is 0 Å². The van der Waals surface area contributed by atoms with E-state index >= 15 is 0 Å². The van der Waals surface area contributed by atoms with Gasteiger partial charge >= 0.3 is 5.97 Å². The Bertz CT molecular complexity index is 1140. The van der Waals surface area contributed by atoms with Crippen LogP contribution >= 0.6 is 45.2 Å². The molecule has 30 heavy (non-hydrogen) atoms. The topological polar surface area (TPSA) is 70.3 Å². The molecule has 3 rings (SSSR count). The average molecular weight is 625 g/mol. The molecule has 0 aromatic heterocycles. The Morgan fingerprint density at radius 3 is 2.30 bits per heavy atom. The second kappa shape index (κ2) is 10.0. The van der Waals surface area contributed by atoms with Gasteiger partial charge in [-0.25, -0.2) is 9.18 Å². The third-order valence-corrected chi connectivity index (χ3v) is 5.77. The number of hydrogen-bond donors (Lipinski definition) is 1. The largest absolute Gasteiger partial charge is 0.487 e. The molecule has 150 valence electrons. The Kier molecular flexibility index (Phi) is 7.44. The summed E-state index contributed by atoms with van der Waals surface area (Å²) in [4.78, 5) is 10.9. The molecule has 3 aromatic carbocycles. The van der Waals surface area contributed by atoms with Gasteiger partial charge in [0.05, 0.1) is 24.3 Å². The molecule has 0 saturated heterocycles. The molecule has 0 aliphatic rings. The highest BCUT2D eigenvalue weighted by atomic mass is 127. The van der Waals surface area contributed by atoms with Gasteiger partial charge in [0.1, 0.15) is 18.2 Å². The summed E-state index contributed by atoms with van der Waals surface area (Å²) in [6, 6.07) is 18.4. The predicted octanol–water partition coefficient (Wildman–Crippen LogP) is 6.38. The molecule has 0 amide bonds. The van der Waals surface area contributed by atoms with E-state index in [2.05, 4.69) is 51.3 Å². The number of halogens is 3. The minimum absolute atomic E-state index is 0.227. The zero-order valence-corrected chi connectivity index (χ0v) is 19.7. The molecule has 0 bridgehead atoms. The average Bonchev–Trinajstić information content (AvgIpc) is 2.71. The molecule has 3 aromatic rings. The molecule has 0 fully saturated rings. The first kappa shape index (κ1) is 22.2. The Labute approximate surface area is 200 Å². The van der Waals surface area contributed by atoms with Gasteiger partial charge in [0.2, 0.25) is 0 Å². The van der Waals surface area contributed by atoms with Crippen molar-refractivity contribution in [3.63, 3.8) is 0 Å². The molecule has 1 N–H and O–H groups in total. The molecule has 0 heterocycles. The van der Waals surface area contributed by atoms with E-state index in [1.165, 1.54) is 12.1 Å². The molecular formula is C23H14FI2NO3. The number of aromatic carboxylic acids is 1. The highest BCUT2D eigenvalue weighted by Gasteiger charge is 2.11. The fourth-order valence-electron chi connectivity index (χ4n) is 2.70. The van der Waals surface area contributed by atoms with Crippen molar-refractivity contribution < 1.29 is 19.0 Å². The molecule has 0 aliphatic heterocycles. The number of carboxylic acid groups (broad SMARTS) is 1. The molecule has 7 heteroatoms. The number of ether oxygens (including phenoxy) is 1. The second-order valence-electron chi connectivity index (χ2n) is 6.28. The zero-order chi connectivity index (χ0) is 21.7. The SMILES string of the molecule is N#C/C(=C/c1cc(I)c(OCc2ccc(C(=O)O)cc2)c(I)c1)c1cccc(F)c1. The number of rotatable bonds is 6. The lowest BCUT2D eigenvalue weighted by molar-refractivity contribution is 0.0697. The van der Waals surface area contributed by atoms with E-state index in [1.807, 2.05) is 12.1 Å². The minimum Gasteiger partial charge on any atom is -0.487 e. The van der Waals surface area contributed by atoms with Gasteiger partial charge in [-0.15, -0.1) is 0 Å². The van der Waals surface area contributed by atoms with Crippen LogP contribution in [-0.2, 0) is 6.61 Å². The van der Waals surface area contributed by atoms with Crippen LogP contribution < -0.4 is 4.74 Å². The van der Waals surface area contributed by atoms with E-state index in [0.717, 1.165) is 18.3 Å². The summed E-state index contributed by atoms with van der Waals surface area (Å²) >= 11 is 4.34. The maximum Gasteiger partial charge on any atom is 0.335 e. The van der Waals surface area contributed by atoms with E-state index in [4.69, 9.17) is 9.84 Å². The van der Waals surface area contributed by atoms with E-state index in [9.17, 15) is 14.4 Å². The fraction of sp³-hybridized carbons (Fsp3) is 0.0435. The van der Waals surface area contributed by atoms with Crippen LogP contribution in [0.4, 0.5) is 4.39 Å². The van der Waals surface area contributed by atoms with E-state index in [1.54, 1.807) is 42.5 Å². The van der Waals surface area contributed by atoms with Gasteiger partial charge in [-0.3, -0.25) is 0 Å². The van der Waals surface area contributed by atoms with Crippen molar-refractivity contribution in [1.29, 1.82) is 5.26 Å². The number of benzene rings is 3. The van der Waals surface area contributed by atoms with Crippen LogP contribution in [0.25, 0.3) is 11.6 Å². The minimum atomic E-state index is -0.967. The molecule has 0 unspecified atom stereocenters. The van der Waals surface area contributed by atoms with Gasteiger partial charge in [0.25, 0.3) is 0 Å². The number of carbonyl (C=O) groups is 1. The van der Waals surface area contributed by atoms with Gasteiger partial charge in [-0.1, -0.05) is 24.3 Å². The summed E-state index contributed by atoms with van der Waals surface area (Å²) < 4.78 is 21.2. The van der Waals surface area contributed by atoms with Crippen molar-refractivity contribution in [2.75, 3.05) is 0 Å². The van der Waals surface area contributed by atoms with Crippen LogP contribution in [0.15, 0.2) is 60.7 Å². The van der Waals surface area contributed by atoms with Crippen molar-refractivity contribution in [2.24, 2.45) is 0 Å². The number of carboxylic acids is 1. The fourth-order valence-corrected chi connectivity index (χ4v) is 4.83. The lowest BCUT2D eigenvalue weighted by Crippen LogP contribution is -2.01. The van der Waals surface area contributed by atoms with Gasteiger partial charge in [0.15, 0.2) is 0 Å². The van der Waals surface area contributed by atoms with Gasteiger partial charge in [-0.05, 0) is 104 Å². The lowest BCUT2D eigenvalue weighted by atomic mass is 10.0. The summed E-state index contributed by atoms with van der Waals surface area (Å²) in [6.45, 7) is 0.299. The summed E-state index contributed by atoms with van der Waals surface area (Å²) in [5.74, 6) is -0.650. The third-order valence-electron chi connectivity index (χ3n) is 4.17. The summed E-state index contributed by atoms with van der Waals surface area (Å²) in [5, 5.41) is 18.5. The number of nitrogens with zero attached hydrogens (tertiary/aromatic N) is 1. The first-order valence-electron chi connectivity index (χ1n) is 8.69. The third kappa shape index (κ3) is 5.58. The van der Waals surface area contributed by atoms with E-state index in [-0.39, 0.29) is 5.56 Å². The summed E-state index contributed by atoms with van der Waals surface area (Å²) in [7, 11) is 0. The monoisotopic (exact) mass is 625 g/mol. The normalized spacial score (nSPS) is 11.1. The highest BCUT2D eigenvalue weighted by Crippen LogP contribution is 2.31. The van der Waals surface area contributed by atoms with E-state index in [0.29, 0.717) is 23.5 Å². The first-order chi connectivity index (χ1) is 14.4. The van der Waals surface area contributed by atoms with Crippen molar-refractivity contribution >= 4 is 62.8 Å². The Balaban J connectivity index is 1.81. The number of nitriles is 1. The quantitative estimate of drug-likeness (QED) is 0.196. The second-order valence-corrected chi connectivity index (χ2v) is 8.61. The van der Waals surface area contributed by atoms with Crippen LogP contribution in [-0.4, -0.2) is 11.1 Å². The lowest BCUT2D eigenvalue weighted by Gasteiger charge is -2.12. The van der Waals surface area contributed by atoms with E-state index < -0.39 is 11.8 Å². The van der Waals surface area contributed by atoms with Crippen LogP contribution in [0.5, 0.6) is 5.75 Å². The Hall–Kier alpha value is -2.45. The molecule has 0 spiro atoms. The first-order valence-corrected chi connectivity index (χ1v) is 10.8.